The molecule has 0 heterocycles. The summed E-state index contributed by atoms with van der Waals surface area (Å²) in [5, 5.41) is 10.6. The number of rotatable bonds is 3. The van der Waals surface area contributed by atoms with E-state index >= 15 is 0 Å². The van der Waals surface area contributed by atoms with E-state index in [1.807, 2.05) is 0 Å². The minimum absolute atomic E-state index is 0.0386. The highest BCUT2D eigenvalue weighted by molar-refractivity contribution is 14.1. The van der Waals surface area contributed by atoms with Crippen LogP contribution in [0.2, 0.25) is 0 Å². The molecule has 5 aliphatic rings. The molecule has 4 heteroatoms. The van der Waals surface area contributed by atoms with Gasteiger partial charge in [0.05, 0.1) is 5.41 Å². The van der Waals surface area contributed by atoms with Gasteiger partial charge in [-0.2, -0.15) is 0 Å². The molecule has 1 aromatic rings. The van der Waals surface area contributed by atoms with Gasteiger partial charge >= 0.3 is 5.97 Å². The lowest BCUT2D eigenvalue weighted by Gasteiger charge is -2.72. The van der Waals surface area contributed by atoms with E-state index in [0.717, 1.165) is 68.9 Å². The van der Waals surface area contributed by atoms with Crippen molar-refractivity contribution < 1.29 is 14.7 Å². The first-order valence-corrected chi connectivity index (χ1v) is 17.1. The lowest BCUT2D eigenvalue weighted by atomic mass is 9.32. The Balaban J connectivity index is 1.42. The molecule has 1 N–H and O–H groups in total. The predicted molar refractivity (Wildman–Crippen MR) is 174 cm³/mol. The number of hydrogen-bond donors (Lipinski definition) is 1. The summed E-state index contributed by atoms with van der Waals surface area (Å²) in [4.78, 5) is 27.0. The first kappa shape index (κ1) is 29.6. The van der Waals surface area contributed by atoms with Gasteiger partial charge in [0.25, 0.3) is 0 Å². The number of carbonyl (C=O) groups is 2. The van der Waals surface area contributed by atoms with Crippen molar-refractivity contribution in [3.63, 3.8) is 0 Å². The van der Waals surface area contributed by atoms with Crippen LogP contribution in [-0.4, -0.2) is 16.9 Å². The number of allylic oxidation sites excluding steroid dienone is 2. The zero-order valence-corrected chi connectivity index (χ0v) is 28.1. The van der Waals surface area contributed by atoms with E-state index in [2.05, 4.69) is 101 Å². The van der Waals surface area contributed by atoms with Crippen molar-refractivity contribution in [3.05, 3.63) is 51.1 Å². The number of halogens is 1. The number of carboxylic acids is 1. The van der Waals surface area contributed by atoms with Crippen LogP contribution in [0.15, 0.2) is 42.0 Å². The minimum Gasteiger partial charge on any atom is -0.481 e. The second-order valence-electron chi connectivity index (χ2n) is 16.1. The highest BCUT2D eigenvalue weighted by Crippen LogP contribution is 2.77. The fourth-order valence-corrected chi connectivity index (χ4v) is 12.9. The third kappa shape index (κ3) is 3.93. The van der Waals surface area contributed by atoms with Crippen molar-refractivity contribution in [1.82, 2.24) is 0 Å². The number of Topliss-reactive ketones (excluding diaryl/α,β-unsaturated/α-hetero) is 1. The van der Waals surface area contributed by atoms with E-state index < -0.39 is 11.4 Å². The highest BCUT2D eigenvalue weighted by atomic mass is 127. The molecule has 5 aliphatic carbocycles. The summed E-state index contributed by atoms with van der Waals surface area (Å²) in [6.07, 6.45) is 11.1. The van der Waals surface area contributed by atoms with Gasteiger partial charge in [-0.05, 0) is 162 Å². The third-order valence-corrected chi connectivity index (χ3v) is 14.9. The molecule has 0 aromatic heterocycles. The molecular weight excluding hydrogens is 619 g/mol. The van der Waals surface area contributed by atoms with Crippen molar-refractivity contribution in [2.45, 2.75) is 99.3 Å². The SMILES string of the molecule is C=C(C)[C@H]1CC[C@]2(C(=O)O)CC[C@@]3(C)[C@H](CC[C@H]4[C@@]5(C)CC(=Cc6cccc(I)c6)C(=O)C(C)(C)[C@H]5CC[C@]43C)[C@@H]12. The van der Waals surface area contributed by atoms with Crippen LogP contribution in [0.25, 0.3) is 6.08 Å². The van der Waals surface area contributed by atoms with Crippen molar-refractivity contribution in [1.29, 1.82) is 0 Å². The molecule has 41 heavy (non-hydrogen) atoms. The average molecular weight is 669 g/mol. The van der Waals surface area contributed by atoms with Crippen LogP contribution in [-0.2, 0) is 9.59 Å². The van der Waals surface area contributed by atoms with E-state index in [4.69, 9.17) is 0 Å². The lowest BCUT2D eigenvalue weighted by Crippen LogP contribution is -2.67. The van der Waals surface area contributed by atoms with Crippen LogP contribution in [0.3, 0.4) is 0 Å². The third-order valence-electron chi connectivity index (χ3n) is 14.3. The number of carboxylic acid groups (broad SMARTS) is 1. The maximum Gasteiger partial charge on any atom is 0.309 e. The Morgan fingerprint density at radius 3 is 2.37 bits per heavy atom. The maximum atomic E-state index is 14.1. The van der Waals surface area contributed by atoms with Gasteiger partial charge in [0.2, 0.25) is 0 Å². The first-order valence-electron chi connectivity index (χ1n) is 16.0. The number of hydrogen-bond acceptors (Lipinski definition) is 2. The second kappa shape index (κ2) is 9.53. The minimum atomic E-state index is -0.583. The normalized spacial score (nSPS) is 45.8. The number of ketones is 1. The molecule has 0 spiro atoms. The molecule has 5 fully saturated rings. The molecule has 9 atom stereocenters. The summed E-state index contributed by atoms with van der Waals surface area (Å²) in [5.74, 6) is 1.58. The zero-order chi connectivity index (χ0) is 29.8. The molecule has 222 valence electrons. The highest BCUT2D eigenvalue weighted by Gasteiger charge is 2.72. The van der Waals surface area contributed by atoms with Crippen LogP contribution in [0.4, 0.5) is 0 Å². The van der Waals surface area contributed by atoms with Gasteiger partial charge in [0.15, 0.2) is 5.78 Å². The van der Waals surface area contributed by atoms with Crippen LogP contribution >= 0.6 is 22.6 Å². The largest absolute Gasteiger partial charge is 0.481 e. The first-order chi connectivity index (χ1) is 19.1. The molecule has 0 amide bonds. The summed E-state index contributed by atoms with van der Waals surface area (Å²) < 4.78 is 1.19. The van der Waals surface area contributed by atoms with Crippen LogP contribution in [0.5, 0.6) is 0 Å². The number of benzene rings is 1. The summed E-state index contributed by atoms with van der Waals surface area (Å²) in [7, 11) is 0. The topological polar surface area (TPSA) is 54.4 Å². The molecule has 0 radical (unpaired) electrons. The Bertz CT molecular complexity index is 1340. The quantitative estimate of drug-likeness (QED) is 0.198. The van der Waals surface area contributed by atoms with Crippen LogP contribution in [0.1, 0.15) is 105 Å². The number of aliphatic carboxylic acids is 1. The standard InChI is InChI=1S/C37H49IO3/c1-22(2)26-13-16-37(32(40)41)18-17-35(6)27(30(26)37)11-12-29-34(5)21-24(19-23-9-8-10-25(38)20-23)31(39)33(3,4)28(34)14-15-36(29,35)7/h8-10,19-20,26-30H,1,11-18,21H2,2-7H3,(H,40,41)/t26-,27-,28-,29+,30-,34+,35+,36-,37+/m1/s1. The summed E-state index contributed by atoms with van der Waals surface area (Å²) in [6, 6.07) is 8.48. The molecule has 0 unspecified atom stereocenters. The molecule has 1 aromatic carbocycles. The average Bonchev–Trinajstić information content (AvgIpc) is 3.29. The summed E-state index contributed by atoms with van der Waals surface area (Å²) in [5.41, 5.74) is 2.59. The fraction of sp³-hybridized carbons (Fsp3) is 0.676. The number of fused-ring (bicyclic) bond motifs is 7. The molecule has 6 rings (SSSR count). The van der Waals surface area contributed by atoms with Gasteiger partial charge in [-0.1, -0.05) is 58.9 Å². The lowest BCUT2D eigenvalue weighted by molar-refractivity contribution is -0.231. The van der Waals surface area contributed by atoms with Crippen molar-refractivity contribution in [2.75, 3.05) is 0 Å². The molecule has 0 bridgehead atoms. The molecule has 5 saturated carbocycles. The molecule has 0 aliphatic heterocycles. The smallest absolute Gasteiger partial charge is 0.309 e. The van der Waals surface area contributed by atoms with Gasteiger partial charge in [-0.3, -0.25) is 9.59 Å². The number of carbonyl (C=O) groups excluding carboxylic acids is 1. The molecular formula is C37H49IO3. The monoisotopic (exact) mass is 668 g/mol. The Kier molecular flexibility index (Phi) is 6.89. The van der Waals surface area contributed by atoms with Gasteiger partial charge < -0.3 is 5.11 Å². The van der Waals surface area contributed by atoms with E-state index in [-0.39, 0.29) is 27.6 Å². The fourth-order valence-electron chi connectivity index (χ4n) is 12.3. The van der Waals surface area contributed by atoms with Gasteiger partial charge in [0.1, 0.15) is 0 Å². The zero-order valence-electron chi connectivity index (χ0n) is 26.0. The van der Waals surface area contributed by atoms with Crippen LogP contribution < -0.4 is 0 Å². The van der Waals surface area contributed by atoms with Gasteiger partial charge in [-0.15, -0.1) is 0 Å². The molecule has 0 saturated heterocycles. The van der Waals surface area contributed by atoms with Crippen molar-refractivity contribution >= 4 is 40.4 Å². The van der Waals surface area contributed by atoms with Crippen LogP contribution in [0, 0.1) is 60.2 Å². The Morgan fingerprint density at radius 2 is 1.71 bits per heavy atom. The summed E-state index contributed by atoms with van der Waals surface area (Å²) in [6.45, 7) is 18.6. The van der Waals surface area contributed by atoms with E-state index in [1.165, 1.54) is 9.14 Å². The molecule has 3 nitrogen and oxygen atoms in total. The van der Waals surface area contributed by atoms with Crippen molar-refractivity contribution in [3.8, 4) is 0 Å². The van der Waals surface area contributed by atoms with Gasteiger partial charge in [-0.25, -0.2) is 0 Å². The Labute approximate surface area is 261 Å². The van der Waals surface area contributed by atoms with Crippen molar-refractivity contribution in [2.24, 2.45) is 56.7 Å². The van der Waals surface area contributed by atoms with E-state index in [9.17, 15) is 14.7 Å². The van der Waals surface area contributed by atoms with E-state index in [0.29, 0.717) is 29.5 Å². The summed E-state index contributed by atoms with van der Waals surface area (Å²) >= 11 is 2.35. The van der Waals surface area contributed by atoms with E-state index in [1.54, 1.807) is 0 Å². The Morgan fingerprint density at radius 1 is 0.976 bits per heavy atom. The Hall–Kier alpha value is -1.43. The second-order valence-corrected chi connectivity index (χ2v) is 17.3. The van der Waals surface area contributed by atoms with Gasteiger partial charge in [0, 0.05) is 8.99 Å². The maximum absolute atomic E-state index is 14.1. The predicted octanol–water partition coefficient (Wildman–Crippen LogP) is 9.60.